The number of carboxylic acid groups (broad SMARTS) is 1. The van der Waals surface area contributed by atoms with Gasteiger partial charge in [0.15, 0.2) is 0 Å². The fourth-order valence-corrected chi connectivity index (χ4v) is 1.87. The Kier molecular flexibility index (Phi) is 3.84. The van der Waals surface area contributed by atoms with Crippen LogP contribution in [0.5, 0.6) is 0 Å². The molecule has 0 aliphatic carbocycles. The molecule has 1 heterocycles. The first-order valence-corrected chi connectivity index (χ1v) is 6.09. The smallest absolute Gasteiger partial charge is 0.338 e. The molecule has 7 heteroatoms. The molecule has 0 saturated carbocycles. The maximum absolute atomic E-state index is 12.1. The summed E-state index contributed by atoms with van der Waals surface area (Å²) in [6.07, 6.45) is 0. The maximum Gasteiger partial charge on any atom is 0.338 e. The fourth-order valence-electron chi connectivity index (χ4n) is 1.87. The van der Waals surface area contributed by atoms with Crippen molar-refractivity contribution in [2.24, 2.45) is 7.05 Å². The molecule has 0 aliphatic heterocycles. The average molecular weight is 287 g/mol. The molecule has 21 heavy (non-hydrogen) atoms. The van der Waals surface area contributed by atoms with Gasteiger partial charge in [-0.1, -0.05) is 12.1 Å². The van der Waals surface area contributed by atoms with Crippen molar-refractivity contribution in [1.29, 1.82) is 0 Å². The topological polar surface area (TPSA) is 101 Å². The fraction of sp³-hybridized carbons (Fsp3) is 0.143. The van der Waals surface area contributed by atoms with Crippen LogP contribution >= 0.6 is 0 Å². The number of carboxylic acids is 1. The number of hydrogen-bond donors (Lipinski definition) is 2. The number of nitrogens with zero attached hydrogens (tertiary/aromatic N) is 2. The largest absolute Gasteiger partial charge is 0.478 e. The quantitative estimate of drug-likeness (QED) is 0.878. The molecule has 108 valence electrons. The molecule has 0 bridgehead atoms. The van der Waals surface area contributed by atoms with E-state index in [9.17, 15) is 19.5 Å². The van der Waals surface area contributed by atoms with Crippen LogP contribution in [0.3, 0.4) is 0 Å². The van der Waals surface area contributed by atoms with Crippen molar-refractivity contribution in [3.63, 3.8) is 0 Å². The zero-order chi connectivity index (χ0) is 15.6. The Hall–Kier alpha value is -2.96. The van der Waals surface area contributed by atoms with Crippen LogP contribution in [0.15, 0.2) is 35.1 Å². The Morgan fingerprint density at radius 2 is 1.95 bits per heavy atom. The first-order valence-electron chi connectivity index (χ1n) is 6.09. The van der Waals surface area contributed by atoms with E-state index in [1.54, 1.807) is 19.1 Å². The molecule has 0 radical (unpaired) electrons. The van der Waals surface area contributed by atoms with Crippen molar-refractivity contribution in [1.82, 2.24) is 9.78 Å². The molecule has 7 nitrogen and oxygen atoms in total. The number of aryl methyl sites for hydroxylation is 2. The summed E-state index contributed by atoms with van der Waals surface area (Å²) in [5.74, 6) is -1.71. The average Bonchev–Trinajstić information content (AvgIpc) is 2.41. The molecule has 0 atom stereocenters. The number of amides is 1. The van der Waals surface area contributed by atoms with Crippen LogP contribution in [0.25, 0.3) is 0 Å². The Morgan fingerprint density at radius 1 is 1.24 bits per heavy atom. The number of carbonyl (C=O) groups excluding carboxylic acids is 1. The van der Waals surface area contributed by atoms with Gasteiger partial charge in [0, 0.05) is 13.1 Å². The lowest BCUT2D eigenvalue weighted by molar-refractivity contribution is 0.0697. The van der Waals surface area contributed by atoms with Gasteiger partial charge in [0.2, 0.25) is 0 Å². The highest BCUT2D eigenvalue weighted by atomic mass is 16.4. The minimum Gasteiger partial charge on any atom is -0.478 e. The lowest BCUT2D eigenvalue weighted by Gasteiger charge is -2.10. The second-order valence-electron chi connectivity index (χ2n) is 4.44. The molecule has 0 unspecified atom stereocenters. The second-order valence-corrected chi connectivity index (χ2v) is 4.44. The van der Waals surface area contributed by atoms with Crippen LogP contribution in [0, 0.1) is 6.92 Å². The first-order chi connectivity index (χ1) is 9.90. The number of aromatic nitrogens is 2. The Labute approximate surface area is 119 Å². The molecular weight excluding hydrogens is 274 g/mol. The Balaban J connectivity index is 2.36. The third-order valence-electron chi connectivity index (χ3n) is 2.93. The van der Waals surface area contributed by atoms with Crippen LogP contribution in [-0.2, 0) is 7.05 Å². The lowest BCUT2D eigenvalue weighted by atomic mass is 10.1. The van der Waals surface area contributed by atoms with Crippen molar-refractivity contribution < 1.29 is 14.7 Å². The summed E-state index contributed by atoms with van der Waals surface area (Å²) in [7, 11) is 1.43. The van der Waals surface area contributed by atoms with Gasteiger partial charge >= 0.3 is 5.97 Å². The van der Waals surface area contributed by atoms with E-state index in [0.717, 1.165) is 4.68 Å². The number of benzene rings is 1. The molecule has 2 N–H and O–H groups in total. The van der Waals surface area contributed by atoms with Gasteiger partial charge in [-0.3, -0.25) is 9.59 Å². The molecule has 0 spiro atoms. The number of aromatic carboxylic acids is 1. The lowest BCUT2D eigenvalue weighted by Crippen LogP contribution is -2.24. The summed E-state index contributed by atoms with van der Waals surface area (Å²) in [5, 5.41) is 15.5. The second kappa shape index (κ2) is 5.58. The predicted octanol–water partition coefficient (Wildman–Crippen LogP) is 1.04. The van der Waals surface area contributed by atoms with E-state index in [-0.39, 0.29) is 22.5 Å². The van der Waals surface area contributed by atoms with Crippen LogP contribution < -0.4 is 10.9 Å². The minimum atomic E-state index is -1.13. The molecule has 0 saturated heterocycles. The Morgan fingerprint density at radius 3 is 2.57 bits per heavy atom. The number of hydrogen-bond acceptors (Lipinski definition) is 4. The van der Waals surface area contributed by atoms with E-state index >= 15 is 0 Å². The van der Waals surface area contributed by atoms with Crippen molar-refractivity contribution in [2.75, 3.05) is 5.32 Å². The molecule has 0 aliphatic rings. The number of anilines is 1. The van der Waals surface area contributed by atoms with Gasteiger partial charge in [-0.05, 0) is 24.6 Å². The zero-order valence-electron chi connectivity index (χ0n) is 11.5. The van der Waals surface area contributed by atoms with Gasteiger partial charge < -0.3 is 10.4 Å². The third-order valence-corrected chi connectivity index (χ3v) is 2.93. The van der Waals surface area contributed by atoms with Gasteiger partial charge in [0.1, 0.15) is 5.69 Å². The minimum absolute atomic E-state index is 0.0231. The van der Waals surface area contributed by atoms with E-state index < -0.39 is 11.9 Å². The highest BCUT2D eigenvalue weighted by Gasteiger charge is 2.16. The van der Waals surface area contributed by atoms with Gasteiger partial charge in [-0.15, -0.1) is 0 Å². The third kappa shape index (κ3) is 2.97. The summed E-state index contributed by atoms with van der Waals surface area (Å²) in [4.78, 5) is 34.6. The van der Waals surface area contributed by atoms with E-state index in [0.29, 0.717) is 5.56 Å². The van der Waals surface area contributed by atoms with E-state index in [1.807, 2.05) is 0 Å². The van der Waals surface area contributed by atoms with E-state index in [1.165, 1.54) is 25.2 Å². The monoisotopic (exact) mass is 287 g/mol. The maximum atomic E-state index is 12.1. The summed E-state index contributed by atoms with van der Waals surface area (Å²) in [6.45, 7) is 1.64. The summed E-state index contributed by atoms with van der Waals surface area (Å²) in [5.41, 5.74) is 0.427. The first kappa shape index (κ1) is 14.4. The molecule has 2 aromatic rings. The van der Waals surface area contributed by atoms with Crippen molar-refractivity contribution >= 4 is 17.6 Å². The molecule has 1 aromatic heterocycles. The van der Waals surface area contributed by atoms with Gasteiger partial charge in [0.25, 0.3) is 11.5 Å². The van der Waals surface area contributed by atoms with Crippen LogP contribution in [-0.4, -0.2) is 26.8 Å². The van der Waals surface area contributed by atoms with E-state index in [4.69, 9.17) is 0 Å². The SMILES string of the molecule is Cc1cccc(NC(=O)c2ccc(=O)n(C)n2)c1C(=O)O. The molecule has 0 fully saturated rings. The predicted molar refractivity (Wildman–Crippen MR) is 75.6 cm³/mol. The summed E-state index contributed by atoms with van der Waals surface area (Å²) < 4.78 is 1.03. The van der Waals surface area contributed by atoms with Crippen LogP contribution in [0.4, 0.5) is 5.69 Å². The van der Waals surface area contributed by atoms with Crippen molar-refractivity contribution in [3.8, 4) is 0 Å². The standard InChI is InChI=1S/C14H13N3O4/c1-8-4-3-5-9(12(8)14(20)21)15-13(19)10-6-7-11(18)17(2)16-10/h3-7H,1-2H3,(H,15,19)(H,20,21). The highest BCUT2D eigenvalue weighted by molar-refractivity contribution is 6.07. The van der Waals surface area contributed by atoms with Crippen molar-refractivity contribution in [3.05, 3.63) is 57.5 Å². The highest BCUT2D eigenvalue weighted by Crippen LogP contribution is 2.20. The van der Waals surface area contributed by atoms with Crippen LogP contribution in [0.1, 0.15) is 26.4 Å². The molecule has 1 amide bonds. The summed E-state index contributed by atoms with van der Waals surface area (Å²) in [6, 6.07) is 7.29. The normalized spacial score (nSPS) is 10.2. The van der Waals surface area contributed by atoms with Crippen molar-refractivity contribution in [2.45, 2.75) is 6.92 Å². The van der Waals surface area contributed by atoms with Gasteiger partial charge in [-0.25, -0.2) is 9.48 Å². The Bertz CT molecular complexity index is 780. The summed E-state index contributed by atoms with van der Waals surface area (Å²) >= 11 is 0. The molecule has 2 rings (SSSR count). The van der Waals surface area contributed by atoms with Gasteiger partial charge in [-0.2, -0.15) is 5.10 Å². The van der Waals surface area contributed by atoms with Crippen LogP contribution in [0.2, 0.25) is 0 Å². The van der Waals surface area contributed by atoms with Gasteiger partial charge in [0.05, 0.1) is 11.3 Å². The zero-order valence-corrected chi connectivity index (χ0v) is 11.5. The number of rotatable bonds is 3. The van der Waals surface area contributed by atoms with E-state index in [2.05, 4.69) is 10.4 Å². The molecule has 1 aromatic carbocycles. The number of nitrogens with one attached hydrogen (secondary N) is 1. The number of carbonyl (C=O) groups is 2. The molecular formula is C14H13N3O4.